The summed E-state index contributed by atoms with van der Waals surface area (Å²) in [6.07, 6.45) is 0.393. The number of anilines is 1. The van der Waals surface area contributed by atoms with E-state index in [9.17, 15) is 4.79 Å². The molecule has 1 aliphatic rings. The van der Waals surface area contributed by atoms with E-state index in [2.05, 4.69) is 35.6 Å². The summed E-state index contributed by atoms with van der Waals surface area (Å²) in [5.74, 6) is 0. The van der Waals surface area contributed by atoms with Crippen molar-refractivity contribution in [1.29, 1.82) is 0 Å². The largest absolute Gasteiger partial charge is 0.447 e. The van der Waals surface area contributed by atoms with Gasteiger partial charge < -0.3 is 4.74 Å². The van der Waals surface area contributed by atoms with Crippen LogP contribution in [-0.2, 0) is 11.2 Å². The number of benzene rings is 2. The van der Waals surface area contributed by atoms with Crippen LogP contribution < -0.4 is 5.32 Å². The highest BCUT2D eigenvalue weighted by Gasteiger charge is 2.18. The molecule has 1 amide bonds. The number of nitrogens with one attached hydrogen (secondary N) is 1. The molecule has 3 rings (SSSR count). The second kappa shape index (κ2) is 5.00. The zero-order chi connectivity index (χ0) is 14.1. The van der Waals surface area contributed by atoms with Crippen LogP contribution in [0.25, 0.3) is 11.1 Å². The second-order valence-electron chi connectivity index (χ2n) is 5.28. The van der Waals surface area contributed by atoms with Crippen LogP contribution in [-0.4, -0.2) is 12.2 Å². The number of fused-ring (bicyclic) bond motifs is 3. The van der Waals surface area contributed by atoms with E-state index in [1.165, 1.54) is 22.3 Å². The SMILES string of the molecule is CC(C)OC(=O)Nc1ccc2c(c1)Cc1ccccc1-2. The Morgan fingerprint density at radius 1 is 1.10 bits per heavy atom. The Kier molecular flexibility index (Phi) is 3.18. The average molecular weight is 267 g/mol. The number of carbonyl (C=O) groups excluding carboxylic acids is 1. The quantitative estimate of drug-likeness (QED) is 0.755. The Labute approximate surface area is 118 Å². The van der Waals surface area contributed by atoms with Crippen LogP contribution in [0.3, 0.4) is 0 Å². The van der Waals surface area contributed by atoms with Crippen LogP contribution in [0.1, 0.15) is 25.0 Å². The van der Waals surface area contributed by atoms with E-state index in [1.54, 1.807) is 0 Å². The molecular weight excluding hydrogens is 250 g/mol. The predicted molar refractivity (Wildman–Crippen MR) is 79.9 cm³/mol. The lowest BCUT2D eigenvalue weighted by molar-refractivity contribution is 0.130. The van der Waals surface area contributed by atoms with Crippen LogP contribution in [0.5, 0.6) is 0 Å². The fourth-order valence-electron chi connectivity index (χ4n) is 2.58. The van der Waals surface area contributed by atoms with Gasteiger partial charge in [-0.1, -0.05) is 30.3 Å². The molecule has 0 spiro atoms. The zero-order valence-electron chi connectivity index (χ0n) is 11.6. The molecule has 2 aromatic rings. The highest BCUT2D eigenvalue weighted by atomic mass is 16.6. The van der Waals surface area contributed by atoms with E-state index >= 15 is 0 Å². The first-order valence-electron chi connectivity index (χ1n) is 6.82. The topological polar surface area (TPSA) is 38.3 Å². The number of amides is 1. The zero-order valence-corrected chi connectivity index (χ0v) is 11.6. The van der Waals surface area contributed by atoms with Gasteiger partial charge in [-0.2, -0.15) is 0 Å². The highest BCUT2D eigenvalue weighted by Crippen LogP contribution is 2.37. The lowest BCUT2D eigenvalue weighted by Crippen LogP contribution is -2.18. The summed E-state index contributed by atoms with van der Waals surface area (Å²) in [6.45, 7) is 3.66. The smallest absolute Gasteiger partial charge is 0.411 e. The lowest BCUT2D eigenvalue weighted by atomic mass is 10.1. The maximum atomic E-state index is 11.6. The molecule has 0 aliphatic heterocycles. The Morgan fingerprint density at radius 2 is 1.85 bits per heavy atom. The van der Waals surface area contributed by atoms with Gasteiger partial charge in [0.15, 0.2) is 0 Å². The van der Waals surface area contributed by atoms with Gasteiger partial charge in [0, 0.05) is 5.69 Å². The van der Waals surface area contributed by atoms with Crippen molar-refractivity contribution in [2.75, 3.05) is 5.32 Å². The fourth-order valence-corrected chi connectivity index (χ4v) is 2.58. The van der Waals surface area contributed by atoms with Crippen molar-refractivity contribution in [2.24, 2.45) is 0 Å². The van der Waals surface area contributed by atoms with Crippen LogP contribution in [0, 0.1) is 0 Å². The molecule has 0 fully saturated rings. The molecule has 1 N–H and O–H groups in total. The van der Waals surface area contributed by atoms with Crippen molar-refractivity contribution in [3.05, 3.63) is 53.6 Å². The molecule has 3 heteroatoms. The van der Waals surface area contributed by atoms with Crippen molar-refractivity contribution < 1.29 is 9.53 Å². The standard InChI is InChI=1S/C17H17NO2/c1-11(2)20-17(19)18-14-7-8-16-13(10-14)9-12-5-3-4-6-15(12)16/h3-8,10-11H,9H2,1-2H3,(H,18,19). The van der Waals surface area contributed by atoms with Gasteiger partial charge in [0.05, 0.1) is 6.10 Å². The number of rotatable bonds is 2. The molecule has 0 radical (unpaired) electrons. The summed E-state index contributed by atoms with van der Waals surface area (Å²) >= 11 is 0. The van der Waals surface area contributed by atoms with Gasteiger partial charge >= 0.3 is 6.09 Å². The Hall–Kier alpha value is -2.29. The third-order valence-corrected chi connectivity index (χ3v) is 3.38. The average Bonchev–Trinajstić information content (AvgIpc) is 2.75. The number of hydrogen-bond acceptors (Lipinski definition) is 2. The first-order valence-corrected chi connectivity index (χ1v) is 6.82. The highest BCUT2D eigenvalue weighted by molar-refractivity contribution is 5.87. The van der Waals surface area contributed by atoms with Gasteiger partial charge in [0.25, 0.3) is 0 Å². The summed E-state index contributed by atoms with van der Waals surface area (Å²) in [6, 6.07) is 14.4. The van der Waals surface area contributed by atoms with Crippen LogP contribution in [0.4, 0.5) is 10.5 Å². The summed E-state index contributed by atoms with van der Waals surface area (Å²) in [5, 5.41) is 2.77. The normalized spacial score (nSPS) is 11.9. The van der Waals surface area contributed by atoms with Gasteiger partial charge in [-0.3, -0.25) is 5.32 Å². The van der Waals surface area contributed by atoms with Crippen LogP contribution >= 0.6 is 0 Å². The van der Waals surface area contributed by atoms with Crippen molar-refractivity contribution in [3.8, 4) is 11.1 Å². The molecule has 0 atom stereocenters. The molecule has 20 heavy (non-hydrogen) atoms. The Balaban J connectivity index is 1.82. The molecule has 3 nitrogen and oxygen atoms in total. The number of ether oxygens (including phenoxy) is 1. The van der Waals surface area contributed by atoms with Crippen LogP contribution in [0.2, 0.25) is 0 Å². The van der Waals surface area contributed by atoms with E-state index in [0.717, 1.165) is 12.1 Å². The number of hydrogen-bond donors (Lipinski definition) is 1. The molecular formula is C17H17NO2. The minimum atomic E-state index is -0.407. The summed E-state index contributed by atoms with van der Waals surface area (Å²) in [4.78, 5) is 11.6. The molecule has 0 saturated carbocycles. The van der Waals surface area contributed by atoms with Crippen LogP contribution in [0.15, 0.2) is 42.5 Å². The van der Waals surface area contributed by atoms with Gasteiger partial charge in [0.2, 0.25) is 0 Å². The summed E-state index contributed by atoms with van der Waals surface area (Å²) in [5.41, 5.74) is 5.90. The first kappa shape index (κ1) is 12.7. The van der Waals surface area contributed by atoms with Crippen molar-refractivity contribution >= 4 is 11.8 Å². The van der Waals surface area contributed by atoms with Gasteiger partial charge in [-0.25, -0.2) is 4.79 Å². The van der Waals surface area contributed by atoms with Crippen molar-refractivity contribution in [1.82, 2.24) is 0 Å². The summed E-state index contributed by atoms with van der Waals surface area (Å²) < 4.78 is 5.09. The maximum Gasteiger partial charge on any atom is 0.411 e. The molecule has 1 aliphatic carbocycles. The predicted octanol–water partition coefficient (Wildman–Crippen LogP) is 4.21. The Bertz CT molecular complexity index is 662. The molecule has 0 bridgehead atoms. The lowest BCUT2D eigenvalue weighted by Gasteiger charge is -2.10. The van der Waals surface area contributed by atoms with Gasteiger partial charge in [-0.15, -0.1) is 0 Å². The number of carbonyl (C=O) groups is 1. The Morgan fingerprint density at radius 3 is 2.65 bits per heavy atom. The van der Waals surface area contributed by atoms with Gasteiger partial charge in [0.1, 0.15) is 0 Å². The minimum Gasteiger partial charge on any atom is -0.447 e. The molecule has 102 valence electrons. The van der Waals surface area contributed by atoms with E-state index in [4.69, 9.17) is 4.74 Å². The van der Waals surface area contributed by atoms with Crippen molar-refractivity contribution in [2.45, 2.75) is 26.4 Å². The third-order valence-electron chi connectivity index (χ3n) is 3.38. The van der Waals surface area contributed by atoms with E-state index in [1.807, 2.05) is 26.0 Å². The fraction of sp³-hybridized carbons (Fsp3) is 0.235. The summed E-state index contributed by atoms with van der Waals surface area (Å²) in [7, 11) is 0. The molecule has 0 heterocycles. The van der Waals surface area contributed by atoms with Gasteiger partial charge in [-0.05, 0) is 54.7 Å². The van der Waals surface area contributed by atoms with E-state index in [-0.39, 0.29) is 6.10 Å². The molecule has 2 aromatic carbocycles. The van der Waals surface area contributed by atoms with Crippen molar-refractivity contribution in [3.63, 3.8) is 0 Å². The monoisotopic (exact) mass is 267 g/mol. The molecule has 0 unspecified atom stereocenters. The minimum absolute atomic E-state index is 0.117. The first-order chi connectivity index (χ1) is 9.63. The second-order valence-corrected chi connectivity index (χ2v) is 5.28. The molecule has 0 saturated heterocycles. The maximum absolute atomic E-state index is 11.6. The molecule has 0 aromatic heterocycles. The third kappa shape index (κ3) is 2.39. The van der Waals surface area contributed by atoms with E-state index in [0.29, 0.717) is 0 Å². The van der Waals surface area contributed by atoms with E-state index < -0.39 is 6.09 Å².